The summed E-state index contributed by atoms with van der Waals surface area (Å²) in [4.78, 5) is 4.02. The fraction of sp³-hybridized carbons (Fsp3) is 0.231. The molecule has 0 amide bonds. The molecule has 2 rings (SSSR count). The predicted octanol–water partition coefficient (Wildman–Crippen LogP) is 2.99. The molecule has 1 aromatic heterocycles. The number of benzene rings is 1. The molecule has 1 aromatic carbocycles. The Hall–Kier alpha value is -2.15. The summed E-state index contributed by atoms with van der Waals surface area (Å²) in [5.74, 6) is -0.366. The van der Waals surface area contributed by atoms with E-state index in [1.165, 1.54) is 12.3 Å². The van der Waals surface area contributed by atoms with E-state index in [1.54, 1.807) is 6.07 Å². The number of hydrogen-bond acceptors (Lipinski definition) is 3. The van der Waals surface area contributed by atoms with E-state index >= 15 is 0 Å². The topological polar surface area (TPSA) is 48.7 Å². The van der Waals surface area contributed by atoms with Gasteiger partial charge in [0, 0.05) is 18.1 Å². The summed E-state index contributed by atoms with van der Waals surface area (Å²) >= 11 is 0. The van der Waals surface area contributed by atoms with Crippen molar-refractivity contribution >= 4 is 16.6 Å². The molecule has 2 aromatic rings. The maximum atomic E-state index is 13.6. The van der Waals surface area contributed by atoms with Crippen LogP contribution in [-0.4, -0.2) is 11.5 Å². The van der Waals surface area contributed by atoms with Crippen LogP contribution in [0.3, 0.4) is 0 Å². The Morgan fingerprint density at radius 2 is 2.24 bits per heavy atom. The van der Waals surface area contributed by atoms with Crippen LogP contribution in [0.4, 0.5) is 10.1 Å². The molecule has 0 saturated carbocycles. The van der Waals surface area contributed by atoms with Gasteiger partial charge in [-0.05, 0) is 25.5 Å². The fourth-order valence-corrected chi connectivity index (χ4v) is 1.88. The number of fused-ring (bicyclic) bond motifs is 1. The molecule has 4 heteroatoms. The fourth-order valence-electron chi connectivity index (χ4n) is 1.88. The minimum absolute atomic E-state index is 0.306. The molecule has 0 aliphatic rings. The van der Waals surface area contributed by atoms with E-state index in [2.05, 4.69) is 16.4 Å². The van der Waals surface area contributed by atoms with Crippen molar-refractivity contribution in [1.29, 1.82) is 5.26 Å². The third kappa shape index (κ3) is 1.80. The molecule has 0 bridgehead atoms. The number of halogens is 1. The number of rotatable bonds is 2. The number of nitriles is 1. The van der Waals surface area contributed by atoms with Crippen molar-refractivity contribution in [2.24, 2.45) is 0 Å². The van der Waals surface area contributed by atoms with Gasteiger partial charge in [-0.2, -0.15) is 5.26 Å². The molecular formula is C13H12FN3. The lowest BCUT2D eigenvalue weighted by Gasteiger charge is -2.11. The van der Waals surface area contributed by atoms with Crippen LogP contribution in [0.1, 0.15) is 18.1 Å². The van der Waals surface area contributed by atoms with Crippen LogP contribution in [0.25, 0.3) is 10.9 Å². The van der Waals surface area contributed by atoms with Crippen molar-refractivity contribution in [2.75, 3.05) is 11.9 Å². The van der Waals surface area contributed by atoms with Crippen LogP contribution in [0.15, 0.2) is 18.3 Å². The highest BCUT2D eigenvalue weighted by Gasteiger charge is 2.12. The summed E-state index contributed by atoms with van der Waals surface area (Å²) in [5.41, 5.74) is 2.31. The van der Waals surface area contributed by atoms with Gasteiger partial charge in [-0.25, -0.2) is 4.39 Å². The third-order valence-corrected chi connectivity index (χ3v) is 2.65. The minimum atomic E-state index is -0.366. The number of nitrogens with zero attached hydrogens (tertiary/aromatic N) is 2. The number of pyridine rings is 1. The second-order valence-electron chi connectivity index (χ2n) is 3.78. The van der Waals surface area contributed by atoms with Crippen molar-refractivity contribution in [2.45, 2.75) is 13.8 Å². The monoisotopic (exact) mass is 229 g/mol. The maximum Gasteiger partial charge on any atom is 0.149 e. The molecule has 1 N–H and O–H groups in total. The van der Waals surface area contributed by atoms with E-state index in [9.17, 15) is 4.39 Å². The van der Waals surface area contributed by atoms with Crippen molar-refractivity contribution in [3.05, 3.63) is 35.3 Å². The first-order valence-electron chi connectivity index (χ1n) is 5.40. The Kier molecular flexibility index (Phi) is 2.92. The molecule has 17 heavy (non-hydrogen) atoms. The Bertz CT molecular complexity index is 614. The molecule has 0 atom stereocenters. The molecule has 86 valence electrons. The third-order valence-electron chi connectivity index (χ3n) is 2.65. The quantitative estimate of drug-likeness (QED) is 0.861. The van der Waals surface area contributed by atoms with E-state index in [1.807, 2.05) is 13.8 Å². The van der Waals surface area contributed by atoms with Gasteiger partial charge in [0.1, 0.15) is 17.4 Å². The average molecular weight is 229 g/mol. The van der Waals surface area contributed by atoms with Crippen LogP contribution in [0.5, 0.6) is 0 Å². The zero-order valence-corrected chi connectivity index (χ0v) is 9.71. The number of anilines is 1. The van der Waals surface area contributed by atoms with Gasteiger partial charge in [-0.1, -0.05) is 6.07 Å². The molecule has 1 heterocycles. The van der Waals surface area contributed by atoms with Crippen molar-refractivity contribution in [3.8, 4) is 6.07 Å². The maximum absolute atomic E-state index is 13.6. The van der Waals surface area contributed by atoms with E-state index < -0.39 is 0 Å². The molecule has 0 radical (unpaired) electrons. The molecule has 0 aliphatic heterocycles. The Morgan fingerprint density at radius 3 is 2.88 bits per heavy atom. The second kappa shape index (κ2) is 4.38. The molecule has 3 nitrogen and oxygen atoms in total. The first-order chi connectivity index (χ1) is 8.19. The highest BCUT2D eigenvalue weighted by atomic mass is 19.1. The smallest absolute Gasteiger partial charge is 0.149 e. The zero-order valence-electron chi connectivity index (χ0n) is 9.71. The standard InChI is InChI=1S/C13H12FN3/c1-3-16-12-9(6-15)7-17-13-10(14)5-4-8(2)11(12)13/h4-5,7H,3H2,1-2H3,(H,16,17). The van der Waals surface area contributed by atoms with Crippen molar-refractivity contribution in [1.82, 2.24) is 4.98 Å². The van der Waals surface area contributed by atoms with Gasteiger partial charge in [0.05, 0.1) is 11.3 Å². The van der Waals surface area contributed by atoms with Gasteiger partial charge >= 0.3 is 0 Å². The van der Waals surface area contributed by atoms with Crippen LogP contribution in [0.2, 0.25) is 0 Å². The first kappa shape index (κ1) is 11.3. The lowest BCUT2D eigenvalue weighted by molar-refractivity contribution is 0.636. The Labute approximate surface area is 98.9 Å². The van der Waals surface area contributed by atoms with Crippen LogP contribution < -0.4 is 5.32 Å². The Morgan fingerprint density at radius 1 is 1.47 bits per heavy atom. The van der Waals surface area contributed by atoms with Crippen LogP contribution in [-0.2, 0) is 0 Å². The van der Waals surface area contributed by atoms with Gasteiger partial charge in [0.15, 0.2) is 0 Å². The molecular weight excluding hydrogens is 217 g/mol. The summed E-state index contributed by atoms with van der Waals surface area (Å²) in [6, 6.07) is 5.16. The van der Waals surface area contributed by atoms with Crippen LogP contribution in [0, 0.1) is 24.1 Å². The van der Waals surface area contributed by atoms with Crippen molar-refractivity contribution in [3.63, 3.8) is 0 Å². The summed E-state index contributed by atoms with van der Waals surface area (Å²) in [6.45, 7) is 4.48. The van der Waals surface area contributed by atoms with E-state index in [4.69, 9.17) is 5.26 Å². The van der Waals surface area contributed by atoms with Crippen molar-refractivity contribution < 1.29 is 4.39 Å². The lowest BCUT2D eigenvalue weighted by Crippen LogP contribution is -2.02. The summed E-state index contributed by atoms with van der Waals surface area (Å²) in [7, 11) is 0. The zero-order chi connectivity index (χ0) is 12.4. The van der Waals surface area contributed by atoms with E-state index in [0.717, 1.165) is 5.56 Å². The number of aromatic nitrogens is 1. The minimum Gasteiger partial charge on any atom is -0.384 e. The molecule has 0 aliphatic carbocycles. The Balaban J connectivity index is 2.89. The summed E-state index contributed by atoms with van der Waals surface area (Å²) in [5, 5.41) is 12.8. The highest BCUT2D eigenvalue weighted by Crippen LogP contribution is 2.29. The van der Waals surface area contributed by atoms with Gasteiger partial charge in [0.2, 0.25) is 0 Å². The van der Waals surface area contributed by atoms with Gasteiger partial charge in [-0.3, -0.25) is 4.98 Å². The first-order valence-corrected chi connectivity index (χ1v) is 5.40. The summed E-state index contributed by atoms with van der Waals surface area (Å²) < 4.78 is 13.6. The van der Waals surface area contributed by atoms with Gasteiger partial charge in [0.25, 0.3) is 0 Å². The summed E-state index contributed by atoms with van der Waals surface area (Å²) in [6.07, 6.45) is 1.41. The van der Waals surface area contributed by atoms with E-state index in [0.29, 0.717) is 28.7 Å². The molecule has 0 saturated heterocycles. The number of nitrogens with one attached hydrogen (secondary N) is 1. The van der Waals surface area contributed by atoms with Gasteiger partial charge in [-0.15, -0.1) is 0 Å². The number of hydrogen-bond donors (Lipinski definition) is 1. The molecule has 0 fully saturated rings. The molecule has 0 spiro atoms. The number of aryl methyl sites for hydroxylation is 1. The average Bonchev–Trinajstić information content (AvgIpc) is 2.34. The van der Waals surface area contributed by atoms with Gasteiger partial charge < -0.3 is 5.32 Å². The predicted molar refractivity (Wildman–Crippen MR) is 65.3 cm³/mol. The van der Waals surface area contributed by atoms with E-state index in [-0.39, 0.29) is 5.82 Å². The largest absolute Gasteiger partial charge is 0.384 e. The molecule has 0 unspecified atom stereocenters. The van der Waals surface area contributed by atoms with Crippen LogP contribution >= 0.6 is 0 Å². The normalized spacial score (nSPS) is 10.2. The highest BCUT2D eigenvalue weighted by molar-refractivity contribution is 5.96. The lowest BCUT2D eigenvalue weighted by atomic mass is 10.0. The SMILES string of the molecule is CCNc1c(C#N)cnc2c(F)ccc(C)c12. The second-order valence-corrected chi connectivity index (χ2v) is 3.78.